The quantitative estimate of drug-likeness (QED) is 0.836. The summed E-state index contributed by atoms with van der Waals surface area (Å²) in [5, 5.41) is 11.3. The van der Waals surface area contributed by atoms with Gasteiger partial charge in [-0.25, -0.2) is 4.79 Å². The largest absolute Gasteiger partial charge is 0.480 e. The number of halogens is 1. The van der Waals surface area contributed by atoms with Crippen LogP contribution in [-0.4, -0.2) is 23.0 Å². The highest BCUT2D eigenvalue weighted by atomic mass is 79.9. The van der Waals surface area contributed by atoms with Crippen molar-refractivity contribution in [2.45, 2.75) is 19.4 Å². The van der Waals surface area contributed by atoms with Crippen molar-refractivity contribution >= 4 is 27.8 Å². The summed E-state index contributed by atoms with van der Waals surface area (Å²) in [6, 6.07) is 4.07. The Morgan fingerprint density at radius 2 is 2.22 bits per heavy atom. The standard InChI is InChI=1S/C13H12BrNO3/c1-3-4-11(13(17)18)15-12(16)10-6-5-9(14)7-8(10)2/h1,5-7,11H,4H2,2H3,(H,15,16)(H,17,18). The number of aliphatic carboxylic acids is 1. The molecule has 0 aliphatic rings. The van der Waals surface area contributed by atoms with Gasteiger partial charge in [-0.15, -0.1) is 12.3 Å². The van der Waals surface area contributed by atoms with Crippen LogP contribution in [0.2, 0.25) is 0 Å². The molecule has 1 amide bonds. The molecule has 0 bridgehead atoms. The molecule has 0 aliphatic heterocycles. The number of rotatable bonds is 4. The van der Waals surface area contributed by atoms with Crippen molar-refractivity contribution in [3.8, 4) is 12.3 Å². The molecule has 0 saturated heterocycles. The number of hydrogen-bond acceptors (Lipinski definition) is 2. The Labute approximate surface area is 114 Å². The van der Waals surface area contributed by atoms with Crippen LogP contribution in [0.25, 0.3) is 0 Å². The van der Waals surface area contributed by atoms with Crippen LogP contribution in [-0.2, 0) is 4.79 Å². The highest BCUT2D eigenvalue weighted by Gasteiger charge is 2.20. The molecule has 94 valence electrons. The van der Waals surface area contributed by atoms with Gasteiger partial charge in [0, 0.05) is 16.5 Å². The molecule has 1 aromatic carbocycles. The van der Waals surface area contributed by atoms with E-state index in [0.717, 1.165) is 10.0 Å². The summed E-state index contributed by atoms with van der Waals surface area (Å²) >= 11 is 3.29. The summed E-state index contributed by atoms with van der Waals surface area (Å²) < 4.78 is 0.856. The number of amides is 1. The molecule has 1 rings (SSSR count). The number of benzene rings is 1. The van der Waals surface area contributed by atoms with Crippen molar-refractivity contribution < 1.29 is 14.7 Å². The van der Waals surface area contributed by atoms with Gasteiger partial charge in [-0.2, -0.15) is 0 Å². The maximum atomic E-state index is 11.9. The van der Waals surface area contributed by atoms with E-state index in [4.69, 9.17) is 11.5 Å². The van der Waals surface area contributed by atoms with Crippen molar-refractivity contribution in [1.29, 1.82) is 0 Å². The summed E-state index contributed by atoms with van der Waals surface area (Å²) in [5.41, 5.74) is 1.19. The zero-order valence-electron chi connectivity index (χ0n) is 9.74. The van der Waals surface area contributed by atoms with Gasteiger partial charge in [-0.05, 0) is 30.7 Å². The van der Waals surface area contributed by atoms with E-state index in [-0.39, 0.29) is 6.42 Å². The molecule has 0 aromatic heterocycles. The Morgan fingerprint density at radius 1 is 1.56 bits per heavy atom. The number of nitrogens with one attached hydrogen (secondary N) is 1. The Bertz CT molecular complexity index is 519. The zero-order chi connectivity index (χ0) is 13.7. The fraction of sp³-hybridized carbons (Fsp3) is 0.231. The minimum absolute atomic E-state index is 0.0450. The van der Waals surface area contributed by atoms with E-state index in [9.17, 15) is 9.59 Å². The molecule has 18 heavy (non-hydrogen) atoms. The van der Waals surface area contributed by atoms with E-state index < -0.39 is 17.9 Å². The number of carbonyl (C=O) groups excluding carboxylic acids is 1. The molecular formula is C13H12BrNO3. The second-order valence-electron chi connectivity index (χ2n) is 3.73. The van der Waals surface area contributed by atoms with Gasteiger partial charge in [0.25, 0.3) is 5.91 Å². The second kappa shape index (κ2) is 6.22. The lowest BCUT2D eigenvalue weighted by atomic mass is 10.1. The summed E-state index contributed by atoms with van der Waals surface area (Å²) in [4.78, 5) is 22.8. The van der Waals surface area contributed by atoms with E-state index in [2.05, 4.69) is 27.2 Å². The van der Waals surface area contributed by atoms with Crippen LogP contribution in [0.3, 0.4) is 0 Å². The van der Waals surface area contributed by atoms with Crippen LogP contribution >= 0.6 is 15.9 Å². The van der Waals surface area contributed by atoms with Crippen LogP contribution in [0.4, 0.5) is 0 Å². The van der Waals surface area contributed by atoms with Crippen LogP contribution in [0.1, 0.15) is 22.3 Å². The van der Waals surface area contributed by atoms with E-state index in [1.54, 1.807) is 25.1 Å². The molecule has 0 aliphatic carbocycles. The van der Waals surface area contributed by atoms with Gasteiger partial charge in [0.05, 0.1) is 0 Å². The predicted molar refractivity (Wildman–Crippen MR) is 71.2 cm³/mol. The van der Waals surface area contributed by atoms with Crippen LogP contribution in [0.5, 0.6) is 0 Å². The lowest BCUT2D eigenvalue weighted by Gasteiger charge is -2.13. The number of aryl methyl sites for hydroxylation is 1. The number of carbonyl (C=O) groups is 2. The van der Waals surface area contributed by atoms with Crippen LogP contribution in [0.15, 0.2) is 22.7 Å². The predicted octanol–water partition coefficient (Wildman–Crippen LogP) is 1.96. The van der Waals surface area contributed by atoms with Gasteiger partial charge >= 0.3 is 5.97 Å². The summed E-state index contributed by atoms with van der Waals surface area (Å²) in [5.74, 6) is 0.642. The van der Waals surface area contributed by atoms with Crippen molar-refractivity contribution in [1.82, 2.24) is 5.32 Å². The average molecular weight is 310 g/mol. The maximum Gasteiger partial charge on any atom is 0.327 e. The normalized spacial score (nSPS) is 11.4. The third-order valence-corrected chi connectivity index (χ3v) is 2.85. The lowest BCUT2D eigenvalue weighted by molar-refractivity contribution is -0.139. The zero-order valence-corrected chi connectivity index (χ0v) is 11.3. The maximum absolute atomic E-state index is 11.9. The molecule has 1 atom stereocenters. The number of carboxylic acids is 1. The molecule has 5 heteroatoms. The number of carboxylic acid groups (broad SMARTS) is 1. The minimum Gasteiger partial charge on any atom is -0.480 e. The number of terminal acetylenes is 1. The van der Waals surface area contributed by atoms with Crippen molar-refractivity contribution in [3.05, 3.63) is 33.8 Å². The first-order chi connectivity index (χ1) is 8.45. The average Bonchev–Trinajstić information content (AvgIpc) is 2.27. The molecule has 0 saturated carbocycles. The monoisotopic (exact) mass is 309 g/mol. The van der Waals surface area contributed by atoms with Gasteiger partial charge < -0.3 is 10.4 Å². The van der Waals surface area contributed by atoms with Gasteiger partial charge in [0.2, 0.25) is 0 Å². The summed E-state index contributed by atoms with van der Waals surface area (Å²) in [7, 11) is 0. The summed E-state index contributed by atoms with van der Waals surface area (Å²) in [6.07, 6.45) is 5.02. The fourth-order valence-corrected chi connectivity index (χ4v) is 1.91. The molecule has 2 N–H and O–H groups in total. The SMILES string of the molecule is C#CCC(NC(=O)c1ccc(Br)cc1C)C(=O)O. The molecule has 1 aromatic rings. The molecule has 0 radical (unpaired) electrons. The van der Waals surface area contributed by atoms with Gasteiger partial charge in [0.1, 0.15) is 6.04 Å². The first-order valence-corrected chi connectivity index (χ1v) is 5.98. The smallest absolute Gasteiger partial charge is 0.327 e. The highest BCUT2D eigenvalue weighted by molar-refractivity contribution is 9.10. The molecule has 0 heterocycles. The highest BCUT2D eigenvalue weighted by Crippen LogP contribution is 2.16. The van der Waals surface area contributed by atoms with Crippen molar-refractivity contribution in [3.63, 3.8) is 0 Å². The Morgan fingerprint density at radius 3 is 2.72 bits per heavy atom. The second-order valence-corrected chi connectivity index (χ2v) is 4.65. The molecule has 4 nitrogen and oxygen atoms in total. The van der Waals surface area contributed by atoms with E-state index in [1.807, 2.05) is 0 Å². The lowest BCUT2D eigenvalue weighted by Crippen LogP contribution is -2.40. The third kappa shape index (κ3) is 3.60. The topological polar surface area (TPSA) is 66.4 Å². The Kier molecular flexibility index (Phi) is 4.93. The third-order valence-electron chi connectivity index (χ3n) is 2.36. The van der Waals surface area contributed by atoms with E-state index in [0.29, 0.717) is 5.56 Å². The summed E-state index contributed by atoms with van der Waals surface area (Å²) in [6.45, 7) is 1.77. The number of hydrogen-bond donors (Lipinski definition) is 2. The van der Waals surface area contributed by atoms with Crippen molar-refractivity contribution in [2.75, 3.05) is 0 Å². The Balaban J connectivity index is 2.87. The van der Waals surface area contributed by atoms with Gasteiger partial charge in [-0.1, -0.05) is 15.9 Å². The molecule has 0 fully saturated rings. The van der Waals surface area contributed by atoms with E-state index >= 15 is 0 Å². The fourth-order valence-electron chi connectivity index (χ4n) is 1.44. The van der Waals surface area contributed by atoms with Gasteiger partial charge in [-0.3, -0.25) is 4.79 Å². The Hall–Kier alpha value is -1.80. The first-order valence-electron chi connectivity index (χ1n) is 5.19. The van der Waals surface area contributed by atoms with Crippen molar-refractivity contribution in [2.24, 2.45) is 0 Å². The van der Waals surface area contributed by atoms with Crippen LogP contribution < -0.4 is 5.32 Å². The van der Waals surface area contributed by atoms with Crippen LogP contribution in [0, 0.1) is 19.3 Å². The van der Waals surface area contributed by atoms with E-state index in [1.165, 1.54) is 0 Å². The van der Waals surface area contributed by atoms with Gasteiger partial charge in [0.15, 0.2) is 0 Å². The molecular weight excluding hydrogens is 298 g/mol. The molecule has 1 unspecified atom stereocenters. The molecule has 0 spiro atoms. The first kappa shape index (κ1) is 14.3. The minimum atomic E-state index is -1.14.